The lowest BCUT2D eigenvalue weighted by Gasteiger charge is -2.44. The van der Waals surface area contributed by atoms with E-state index in [0.717, 1.165) is 42.9 Å². The molecule has 16 nitrogen and oxygen atoms in total. The number of rotatable bonds is 10. The Morgan fingerprint density at radius 1 is 0.839 bits per heavy atom. The number of fused-ring (bicyclic) bond motifs is 4. The first-order valence-electron chi connectivity index (χ1n) is 19.8. The van der Waals surface area contributed by atoms with Crippen LogP contribution in [0.5, 0.6) is 0 Å². The van der Waals surface area contributed by atoms with Gasteiger partial charge in [0.05, 0.1) is 35.4 Å². The highest BCUT2D eigenvalue weighted by molar-refractivity contribution is 7.86. The van der Waals surface area contributed by atoms with Crippen molar-refractivity contribution in [3.05, 3.63) is 117 Å². The molecule has 0 saturated heterocycles. The van der Waals surface area contributed by atoms with Gasteiger partial charge >= 0.3 is 21.2 Å². The topological polar surface area (TPSA) is 226 Å². The predicted octanol–water partition coefficient (Wildman–Crippen LogP) is 2.77. The summed E-state index contributed by atoms with van der Waals surface area (Å²) in [6, 6.07) is 16.0. The van der Waals surface area contributed by atoms with Crippen molar-refractivity contribution in [1.82, 2.24) is 9.14 Å². The average Bonchev–Trinajstić information content (AvgIpc) is 3.50. The molecule has 334 valence electrons. The van der Waals surface area contributed by atoms with Crippen molar-refractivity contribution in [2.24, 2.45) is 7.05 Å². The first kappa shape index (κ1) is 48.2. The van der Waals surface area contributed by atoms with Crippen LogP contribution in [0.2, 0.25) is 0 Å². The summed E-state index contributed by atoms with van der Waals surface area (Å²) in [4.78, 5) is 2.37. The molecule has 4 aromatic rings. The standard InChI is InChI=1S/C42H50N4O6S2.2O3S/c1-8-46-38-25-36-34(23-32(38)28(2)26-41(46,3)4)39(40-43(7)19-20-44(40)17-9-10-21-53(47,48)49)33-22-30-12-11-18-45(37(30)24-35(33)42(36,5)6)27-29-13-15-31(16-14-29)54(50,51)52;2*1-4(2)3/h13-16,19-20,22-26H,8-12,17-18,21,27H2,1-7H3;;/p+2. The monoisotopic (exact) mass is 932 g/mol. The van der Waals surface area contributed by atoms with Crippen LogP contribution in [0.25, 0.3) is 11.1 Å². The average molecular weight is 933 g/mol. The van der Waals surface area contributed by atoms with Crippen LogP contribution in [0.4, 0.5) is 5.69 Å². The number of nitrogens with zero attached hydrogens (tertiary/aromatic N) is 4. The minimum absolute atomic E-state index is 0.114. The Bertz CT molecular complexity index is 3010. The molecule has 0 spiro atoms. The molecule has 3 aromatic carbocycles. The molecule has 7 rings (SSSR count). The van der Waals surface area contributed by atoms with E-state index in [0.29, 0.717) is 25.9 Å². The SMILES string of the molecule is CCN1c2cc3c(cc2C(C)=CC1(C)C)C(c1n(CCCCS(=O)(=O)O)cc[n+]1C)=c1cc2c(cc1C3(C)C)=[N+](Cc1ccc(S(=O)(=O)O)cc1)CCC2.O=S(=O)=O.O=S(=O)=O. The van der Waals surface area contributed by atoms with Gasteiger partial charge in [0, 0.05) is 46.8 Å². The maximum atomic E-state index is 11.7. The van der Waals surface area contributed by atoms with E-state index in [4.69, 9.17) is 25.3 Å². The summed E-state index contributed by atoms with van der Waals surface area (Å²) in [6.07, 6.45) is 9.34. The molecule has 0 bridgehead atoms. The van der Waals surface area contributed by atoms with Gasteiger partial charge in [-0.2, -0.15) is 16.8 Å². The third-order valence-electron chi connectivity index (χ3n) is 11.7. The Morgan fingerprint density at radius 3 is 2.05 bits per heavy atom. The van der Waals surface area contributed by atoms with Crippen LogP contribution in [0.15, 0.2) is 71.9 Å². The molecule has 0 atom stereocenters. The Kier molecular flexibility index (Phi) is 14.3. The molecule has 1 aliphatic carbocycles. The number of hydrogen-bond acceptors (Lipinski definition) is 11. The zero-order valence-corrected chi connectivity index (χ0v) is 38.9. The van der Waals surface area contributed by atoms with Gasteiger partial charge in [0.2, 0.25) is 5.36 Å². The minimum atomic E-state index is -4.27. The van der Waals surface area contributed by atoms with E-state index < -0.39 is 41.5 Å². The van der Waals surface area contributed by atoms with Gasteiger partial charge in [-0.25, -0.2) is 13.7 Å². The van der Waals surface area contributed by atoms with Crippen LogP contribution < -0.4 is 24.6 Å². The molecular weight excluding hydrogens is 881 g/mol. The van der Waals surface area contributed by atoms with Crippen LogP contribution in [0, 0.1) is 0 Å². The maximum Gasteiger partial charge on any atom is 0.425 e. The molecule has 0 unspecified atom stereocenters. The zero-order valence-electron chi connectivity index (χ0n) is 35.6. The number of unbranched alkanes of at least 4 members (excludes halogenated alkanes) is 1. The minimum Gasteiger partial charge on any atom is -0.363 e. The van der Waals surface area contributed by atoms with Crippen LogP contribution in [0.3, 0.4) is 0 Å². The van der Waals surface area contributed by atoms with Crippen LogP contribution in [-0.2, 0) is 73.4 Å². The normalized spacial score (nSPS) is 16.0. The lowest BCUT2D eigenvalue weighted by Crippen LogP contribution is -2.46. The molecule has 0 amide bonds. The van der Waals surface area contributed by atoms with Gasteiger partial charge in [0.1, 0.15) is 18.9 Å². The van der Waals surface area contributed by atoms with Gasteiger partial charge in [-0.1, -0.05) is 32.1 Å². The number of allylic oxidation sites excluding steroid dienone is 1. The number of anilines is 1. The number of imidazole rings is 1. The summed E-state index contributed by atoms with van der Waals surface area (Å²) in [5.41, 5.74) is 10.2. The Hall–Kier alpha value is -4.86. The van der Waals surface area contributed by atoms with E-state index >= 15 is 0 Å². The van der Waals surface area contributed by atoms with E-state index in [1.54, 1.807) is 12.1 Å². The quantitative estimate of drug-likeness (QED) is 0.133. The Labute approximate surface area is 365 Å². The van der Waals surface area contributed by atoms with Gasteiger partial charge in [-0.3, -0.25) is 9.11 Å². The lowest BCUT2D eigenvalue weighted by molar-refractivity contribution is -0.673. The molecular formula is C42H52N4O12S4+2. The van der Waals surface area contributed by atoms with Crippen LogP contribution >= 0.6 is 0 Å². The third kappa shape index (κ3) is 10.7. The largest absolute Gasteiger partial charge is 0.425 e. The van der Waals surface area contributed by atoms with Crippen molar-refractivity contribution in [2.45, 2.75) is 96.2 Å². The molecule has 62 heavy (non-hydrogen) atoms. The van der Waals surface area contributed by atoms with Gasteiger partial charge in [0.15, 0.2) is 6.54 Å². The van der Waals surface area contributed by atoms with Crippen LogP contribution in [-0.4, -0.2) is 80.1 Å². The molecule has 3 aliphatic rings. The number of likely N-dealkylation sites (N-methyl/N-ethyl adjacent to an activating group) is 1. The number of benzene rings is 3. The number of aryl methyl sites for hydroxylation is 3. The smallest absolute Gasteiger partial charge is 0.363 e. The van der Waals surface area contributed by atoms with E-state index in [1.165, 1.54) is 61.8 Å². The molecule has 0 saturated carbocycles. The summed E-state index contributed by atoms with van der Waals surface area (Å²) >= 11 is 0. The highest BCUT2D eigenvalue weighted by Gasteiger charge is 2.41. The Morgan fingerprint density at radius 2 is 1.47 bits per heavy atom. The fourth-order valence-electron chi connectivity index (χ4n) is 9.13. The number of aromatic nitrogens is 2. The van der Waals surface area contributed by atoms with Crippen LogP contribution in [0.1, 0.15) is 100 Å². The molecule has 2 N–H and O–H groups in total. The van der Waals surface area contributed by atoms with Gasteiger partial charge in [-0.15, -0.1) is 25.3 Å². The van der Waals surface area contributed by atoms with E-state index in [9.17, 15) is 25.9 Å². The summed E-state index contributed by atoms with van der Waals surface area (Å²) in [5.74, 6) is 0.776. The molecule has 20 heteroatoms. The van der Waals surface area contributed by atoms with E-state index in [-0.39, 0.29) is 21.6 Å². The molecule has 3 heterocycles. The fraction of sp³-hybridized carbons (Fsp3) is 0.429. The molecule has 2 aliphatic heterocycles. The molecule has 0 radical (unpaired) electrons. The third-order valence-corrected chi connectivity index (χ3v) is 13.4. The maximum absolute atomic E-state index is 11.7. The molecule has 0 fully saturated rings. The van der Waals surface area contributed by atoms with E-state index in [2.05, 4.69) is 110 Å². The second kappa shape index (κ2) is 18.5. The summed E-state index contributed by atoms with van der Waals surface area (Å²) in [7, 11) is -12.5. The van der Waals surface area contributed by atoms with Crippen molar-refractivity contribution in [3.8, 4) is 0 Å². The van der Waals surface area contributed by atoms with E-state index in [1.807, 2.05) is 0 Å². The first-order chi connectivity index (χ1) is 28.8. The Balaban J connectivity index is 0.000000836. The van der Waals surface area contributed by atoms with Crippen molar-refractivity contribution in [1.29, 1.82) is 0 Å². The zero-order chi connectivity index (χ0) is 46.1. The van der Waals surface area contributed by atoms with Gasteiger partial charge in [-0.05, 0) is 105 Å². The summed E-state index contributed by atoms with van der Waals surface area (Å²) in [6.45, 7) is 16.5. The second-order valence-corrected chi connectivity index (χ2v) is 20.4. The molecule has 1 aromatic heterocycles. The predicted molar refractivity (Wildman–Crippen MR) is 232 cm³/mol. The second-order valence-electron chi connectivity index (χ2n) is 16.6. The first-order valence-corrected chi connectivity index (χ1v) is 24.9. The highest BCUT2D eigenvalue weighted by Crippen LogP contribution is 2.47. The van der Waals surface area contributed by atoms with Crippen molar-refractivity contribution >= 4 is 58.3 Å². The lowest BCUT2D eigenvalue weighted by atomic mass is 9.68. The number of hydrogen-bond donors (Lipinski definition) is 2. The van der Waals surface area contributed by atoms with Gasteiger partial charge in [0.25, 0.3) is 26.1 Å². The fourth-order valence-corrected chi connectivity index (χ4v) is 10.2. The van der Waals surface area contributed by atoms with Crippen molar-refractivity contribution in [2.75, 3.05) is 23.7 Å². The van der Waals surface area contributed by atoms with Gasteiger partial charge < -0.3 is 4.90 Å². The van der Waals surface area contributed by atoms with Crippen molar-refractivity contribution < 1.29 is 55.8 Å². The summed E-state index contributed by atoms with van der Waals surface area (Å²) in [5, 5.41) is 2.36. The summed E-state index contributed by atoms with van der Waals surface area (Å²) < 4.78 is 123. The van der Waals surface area contributed by atoms with Crippen molar-refractivity contribution in [3.63, 3.8) is 0 Å². The highest BCUT2D eigenvalue weighted by atomic mass is 32.2.